The van der Waals surface area contributed by atoms with Gasteiger partial charge in [-0.15, -0.1) is 0 Å². The molecule has 2 rings (SSSR count). The Kier molecular flexibility index (Phi) is 2.82. The number of rotatable bonds is 3. The van der Waals surface area contributed by atoms with Gasteiger partial charge in [-0.3, -0.25) is 4.79 Å². The van der Waals surface area contributed by atoms with E-state index >= 15 is 0 Å². The minimum atomic E-state index is -0.521. The van der Waals surface area contributed by atoms with Crippen molar-refractivity contribution in [2.75, 3.05) is 14.2 Å². The minimum absolute atomic E-state index is 0.166. The van der Waals surface area contributed by atoms with Crippen molar-refractivity contribution < 1.29 is 18.7 Å². The topological polar surface area (TPSA) is 65.7 Å². The summed E-state index contributed by atoms with van der Waals surface area (Å²) in [6.07, 6.45) is 0.576. The number of methoxy groups -OCH3 is 2. The number of hydrogen-bond donors (Lipinski definition) is 0. The fraction of sp³-hybridized carbons (Fsp3) is 0.167. The zero-order valence-corrected chi connectivity index (χ0v) is 9.35. The van der Waals surface area contributed by atoms with Crippen molar-refractivity contribution in [3.63, 3.8) is 0 Å². The summed E-state index contributed by atoms with van der Waals surface area (Å²) in [4.78, 5) is 22.2. The van der Waals surface area contributed by atoms with Crippen molar-refractivity contribution in [3.05, 3.63) is 34.2 Å². The highest BCUT2D eigenvalue weighted by molar-refractivity contribution is 5.99. The molecule has 0 aliphatic carbocycles. The molecule has 1 aromatic heterocycles. The lowest BCUT2D eigenvalue weighted by molar-refractivity contribution is 0.112. The van der Waals surface area contributed by atoms with Crippen LogP contribution in [0.5, 0.6) is 11.5 Å². The number of ether oxygens (including phenoxy) is 2. The van der Waals surface area contributed by atoms with Crippen LogP contribution >= 0.6 is 0 Å². The summed E-state index contributed by atoms with van der Waals surface area (Å²) in [7, 11) is 2.88. The van der Waals surface area contributed by atoms with Gasteiger partial charge in [0.05, 0.1) is 14.2 Å². The number of benzene rings is 1. The van der Waals surface area contributed by atoms with Crippen molar-refractivity contribution in [1.82, 2.24) is 0 Å². The lowest BCUT2D eigenvalue weighted by atomic mass is 10.1. The molecule has 2 aromatic rings. The number of hydrogen-bond acceptors (Lipinski definition) is 5. The molecule has 17 heavy (non-hydrogen) atoms. The molecule has 0 radical (unpaired) electrons. The van der Waals surface area contributed by atoms with Crippen molar-refractivity contribution >= 4 is 17.3 Å². The second kappa shape index (κ2) is 4.29. The molecule has 0 unspecified atom stereocenters. The van der Waals surface area contributed by atoms with E-state index in [1.165, 1.54) is 20.3 Å². The van der Waals surface area contributed by atoms with Gasteiger partial charge in [-0.2, -0.15) is 0 Å². The van der Waals surface area contributed by atoms with Crippen LogP contribution in [-0.4, -0.2) is 20.5 Å². The van der Waals surface area contributed by atoms with E-state index < -0.39 is 5.63 Å². The van der Waals surface area contributed by atoms with Crippen LogP contribution < -0.4 is 15.1 Å². The maximum absolute atomic E-state index is 11.2. The smallest absolute Gasteiger partial charge is 0.336 e. The summed E-state index contributed by atoms with van der Waals surface area (Å²) in [5.74, 6) is 0.667. The highest BCUT2D eigenvalue weighted by Crippen LogP contribution is 2.35. The van der Waals surface area contributed by atoms with Crippen LogP contribution in [0.1, 0.15) is 10.4 Å². The monoisotopic (exact) mass is 234 g/mol. The predicted octanol–water partition coefficient (Wildman–Crippen LogP) is 1.62. The molecule has 0 aliphatic heterocycles. The van der Waals surface area contributed by atoms with Crippen LogP contribution in [0, 0.1) is 0 Å². The Morgan fingerprint density at radius 1 is 1.24 bits per heavy atom. The third-order valence-corrected chi connectivity index (χ3v) is 2.41. The summed E-state index contributed by atoms with van der Waals surface area (Å²) in [5, 5.41) is 0.601. The molecule has 0 spiro atoms. The van der Waals surface area contributed by atoms with Gasteiger partial charge in [0.2, 0.25) is 0 Å². The molecule has 5 nitrogen and oxygen atoms in total. The molecule has 5 heteroatoms. The Hall–Kier alpha value is -2.30. The van der Waals surface area contributed by atoms with Gasteiger partial charge in [0.15, 0.2) is 23.4 Å². The highest BCUT2D eigenvalue weighted by Gasteiger charge is 2.16. The second-order valence-electron chi connectivity index (χ2n) is 3.32. The van der Waals surface area contributed by atoms with Crippen molar-refractivity contribution in [3.8, 4) is 11.5 Å². The van der Waals surface area contributed by atoms with Gasteiger partial charge in [-0.25, -0.2) is 4.79 Å². The fourth-order valence-corrected chi connectivity index (χ4v) is 1.66. The van der Waals surface area contributed by atoms with Gasteiger partial charge in [0.25, 0.3) is 0 Å². The first kappa shape index (κ1) is 11.2. The molecule has 0 atom stereocenters. The van der Waals surface area contributed by atoms with Gasteiger partial charge >= 0.3 is 5.63 Å². The molecule has 0 N–H and O–H groups in total. The summed E-state index contributed by atoms with van der Waals surface area (Å²) in [5.41, 5.74) is -0.155. The summed E-state index contributed by atoms with van der Waals surface area (Å²) < 4.78 is 15.2. The molecule has 0 aliphatic rings. The third-order valence-electron chi connectivity index (χ3n) is 2.41. The molecule has 1 aromatic carbocycles. The number of aldehydes is 1. The Labute approximate surface area is 96.6 Å². The van der Waals surface area contributed by atoms with Crippen molar-refractivity contribution in [2.45, 2.75) is 0 Å². The van der Waals surface area contributed by atoms with Crippen LogP contribution in [0.2, 0.25) is 0 Å². The first-order valence-electron chi connectivity index (χ1n) is 4.85. The molecule has 0 fully saturated rings. The van der Waals surface area contributed by atoms with Crippen LogP contribution in [0.3, 0.4) is 0 Å². The van der Waals surface area contributed by atoms with E-state index in [4.69, 9.17) is 13.9 Å². The Morgan fingerprint density at radius 3 is 2.59 bits per heavy atom. The minimum Gasteiger partial charge on any atom is -0.493 e. The standard InChI is InChI=1S/C12H10O5/c1-15-9-5-7-3-4-10(14)17-11(7)8(6-13)12(9)16-2/h3-6H,1-2H3. The number of carbonyl (C=O) groups excluding carboxylic acids is 1. The van der Waals surface area contributed by atoms with E-state index in [0.29, 0.717) is 17.4 Å². The lowest BCUT2D eigenvalue weighted by Gasteiger charge is -2.11. The molecule has 0 saturated carbocycles. The summed E-state index contributed by atoms with van der Waals surface area (Å²) in [6.45, 7) is 0. The highest BCUT2D eigenvalue weighted by atomic mass is 16.5. The van der Waals surface area contributed by atoms with Crippen LogP contribution in [0.4, 0.5) is 0 Å². The third kappa shape index (κ3) is 1.75. The quantitative estimate of drug-likeness (QED) is 0.596. The maximum atomic E-state index is 11.2. The molecule has 0 saturated heterocycles. The predicted molar refractivity (Wildman–Crippen MR) is 61.0 cm³/mol. The maximum Gasteiger partial charge on any atom is 0.336 e. The number of carbonyl (C=O) groups is 1. The number of fused-ring (bicyclic) bond motifs is 1. The molecule has 1 heterocycles. The van der Waals surface area contributed by atoms with E-state index in [9.17, 15) is 9.59 Å². The van der Waals surface area contributed by atoms with E-state index in [-0.39, 0.29) is 16.9 Å². The van der Waals surface area contributed by atoms with E-state index in [1.807, 2.05) is 0 Å². The zero-order valence-electron chi connectivity index (χ0n) is 9.35. The van der Waals surface area contributed by atoms with E-state index in [2.05, 4.69) is 0 Å². The van der Waals surface area contributed by atoms with E-state index in [1.54, 1.807) is 12.1 Å². The second-order valence-corrected chi connectivity index (χ2v) is 3.32. The molecule has 88 valence electrons. The summed E-state index contributed by atoms with van der Waals surface area (Å²) >= 11 is 0. The van der Waals surface area contributed by atoms with Crippen LogP contribution in [-0.2, 0) is 0 Å². The van der Waals surface area contributed by atoms with Crippen LogP contribution in [0.25, 0.3) is 11.0 Å². The average molecular weight is 234 g/mol. The molecule has 0 bridgehead atoms. The normalized spacial score (nSPS) is 10.2. The first-order valence-corrected chi connectivity index (χ1v) is 4.85. The van der Waals surface area contributed by atoms with Gasteiger partial charge < -0.3 is 13.9 Å². The van der Waals surface area contributed by atoms with Crippen molar-refractivity contribution in [2.24, 2.45) is 0 Å². The molecule has 0 amide bonds. The molecular formula is C12H10O5. The van der Waals surface area contributed by atoms with Crippen molar-refractivity contribution in [1.29, 1.82) is 0 Å². The Bertz CT molecular complexity index is 627. The van der Waals surface area contributed by atoms with Gasteiger partial charge in [0.1, 0.15) is 5.56 Å². The van der Waals surface area contributed by atoms with Gasteiger partial charge in [-0.05, 0) is 12.1 Å². The SMILES string of the molecule is COc1cc2ccc(=O)oc2c(C=O)c1OC. The zero-order chi connectivity index (χ0) is 12.4. The van der Waals surface area contributed by atoms with Gasteiger partial charge in [-0.1, -0.05) is 0 Å². The lowest BCUT2D eigenvalue weighted by Crippen LogP contribution is -2.00. The summed E-state index contributed by atoms with van der Waals surface area (Å²) in [6, 6.07) is 4.49. The Balaban J connectivity index is 2.94. The largest absolute Gasteiger partial charge is 0.493 e. The van der Waals surface area contributed by atoms with E-state index in [0.717, 1.165) is 0 Å². The Morgan fingerprint density at radius 2 is 2.00 bits per heavy atom. The average Bonchev–Trinajstić information content (AvgIpc) is 2.36. The fourth-order valence-electron chi connectivity index (χ4n) is 1.66. The van der Waals surface area contributed by atoms with Crippen LogP contribution in [0.15, 0.2) is 27.4 Å². The first-order chi connectivity index (χ1) is 8.21. The van der Waals surface area contributed by atoms with Gasteiger partial charge in [0, 0.05) is 11.5 Å². The molecular weight excluding hydrogens is 224 g/mol.